The number of nitrogens with zero attached hydrogens (tertiary/aromatic N) is 3. The Morgan fingerprint density at radius 1 is 1.58 bits per heavy atom. The fourth-order valence-electron chi connectivity index (χ4n) is 3.11. The van der Waals surface area contributed by atoms with Crippen molar-refractivity contribution in [3.8, 4) is 6.07 Å². The van der Waals surface area contributed by atoms with Crippen molar-refractivity contribution >= 4 is 5.65 Å². The van der Waals surface area contributed by atoms with E-state index in [4.69, 9.17) is 0 Å². The lowest BCUT2D eigenvalue weighted by Crippen LogP contribution is -2.24. The normalized spacial score (nSPS) is 28.4. The standard InChI is InChI=1S/C15H17N3O/c1-11-5-6-15(8-11,10-16)14(19)12-9-18-7-3-2-4-13(18)17-12/h2-4,7,9,11,14,19H,5-6,8H2,1H3. The highest BCUT2D eigenvalue weighted by Gasteiger charge is 2.45. The van der Waals surface area contributed by atoms with Crippen LogP contribution in [0.1, 0.15) is 38.0 Å². The summed E-state index contributed by atoms with van der Waals surface area (Å²) in [6, 6.07) is 8.08. The van der Waals surface area contributed by atoms with Crippen molar-refractivity contribution in [1.29, 1.82) is 5.26 Å². The number of hydrogen-bond acceptors (Lipinski definition) is 3. The number of imidazole rings is 1. The molecule has 2 aromatic heterocycles. The molecule has 0 aliphatic heterocycles. The van der Waals surface area contributed by atoms with Crippen LogP contribution in [0.25, 0.3) is 5.65 Å². The lowest BCUT2D eigenvalue weighted by molar-refractivity contribution is 0.0614. The van der Waals surface area contributed by atoms with Crippen molar-refractivity contribution in [3.63, 3.8) is 0 Å². The van der Waals surface area contributed by atoms with E-state index in [1.54, 1.807) is 0 Å². The molecule has 98 valence electrons. The summed E-state index contributed by atoms with van der Waals surface area (Å²) < 4.78 is 1.88. The fourth-order valence-corrected chi connectivity index (χ4v) is 3.11. The molecule has 19 heavy (non-hydrogen) atoms. The van der Waals surface area contributed by atoms with Gasteiger partial charge in [-0.05, 0) is 37.3 Å². The number of nitriles is 1. The zero-order chi connectivity index (χ0) is 13.5. The van der Waals surface area contributed by atoms with Crippen LogP contribution in [0.5, 0.6) is 0 Å². The molecule has 0 amide bonds. The van der Waals surface area contributed by atoms with Gasteiger partial charge in [0.25, 0.3) is 0 Å². The van der Waals surface area contributed by atoms with Crippen molar-refractivity contribution in [2.45, 2.75) is 32.3 Å². The molecule has 4 nitrogen and oxygen atoms in total. The molecule has 1 fully saturated rings. The number of aromatic nitrogens is 2. The van der Waals surface area contributed by atoms with Gasteiger partial charge in [-0.15, -0.1) is 0 Å². The van der Waals surface area contributed by atoms with Crippen LogP contribution in [0, 0.1) is 22.7 Å². The Balaban J connectivity index is 1.99. The Hall–Kier alpha value is -1.86. The van der Waals surface area contributed by atoms with Gasteiger partial charge in [0.05, 0.1) is 17.2 Å². The number of rotatable bonds is 2. The second-order valence-corrected chi connectivity index (χ2v) is 5.65. The first kappa shape index (κ1) is 12.2. The van der Waals surface area contributed by atoms with Gasteiger partial charge < -0.3 is 9.51 Å². The summed E-state index contributed by atoms with van der Waals surface area (Å²) in [5.74, 6) is 0.492. The predicted molar refractivity (Wildman–Crippen MR) is 71.2 cm³/mol. The van der Waals surface area contributed by atoms with Crippen LogP contribution in [0.3, 0.4) is 0 Å². The average molecular weight is 255 g/mol. The molecule has 4 heteroatoms. The highest BCUT2D eigenvalue weighted by molar-refractivity contribution is 5.40. The summed E-state index contributed by atoms with van der Waals surface area (Å²) in [4.78, 5) is 4.44. The molecule has 0 radical (unpaired) electrons. The van der Waals surface area contributed by atoms with Crippen molar-refractivity contribution in [2.24, 2.45) is 11.3 Å². The first-order chi connectivity index (χ1) is 9.14. The molecule has 1 N–H and O–H groups in total. The molecule has 0 aromatic carbocycles. The van der Waals surface area contributed by atoms with Crippen LogP contribution >= 0.6 is 0 Å². The van der Waals surface area contributed by atoms with E-state index < -0.39 is 11.5 Å². The van der Waals surface area contributed by atoms with Crippen LogP contribution in [0.2, 0.25) is 0 Å². The van der Waals surface area contributed by atoms with Crippen LogP contribution in [-0.4, -0.2) is 14.5 Å². The van der Waals surface area contributed by atoms with Gasteiger partial charge in [-0.2, -0.15) is 5.26 Å². The molecule has 2 heterocycles. The van der Waals surface area contributed by atoms with Crippen LogP contribution in [-0.2, 0) is 0 Å². The molecule has 0 spiro atoms. The maximum Gasteiger partial charge on any atom is 0.137 e. The first-order valence-electron chi connectivity index (χ1n) is 6.67. The molecule has 1 saturated carbocycles. The maximum absolute atomic E-state index is 10.6. The van der Waals surface area contributed by atoms with Gasteiger partial charge in [0.2, 0.25) is 0 Å². The Labute approximate surface area is 112 Å². The van der Waals surface area contributed by atoms with Crippen LogP contribution in [0.15, 0.2) is 30.6 Å². The lowest BCUT2D eigenvalue weighted by Gasteiger charge is -2.25. The predicted octanol–water partition coefficient (Wildman–Crippen LogP) is 2.70. The molecular formula is C15H17N3O. The average Bonchev–Trinajstić information content (AvgIpc) is 3.02. The first-order valence-corrected chi connectivity index (χ1v) is 6.67. The summed E-state index contributed by atoms with van der Waals surface area (Å²) in [7, 11) is 0. The minimum absolute atomic E-state index is 0.492. The summed E-state index contributed by atoms with van der Waals surface area (Å²) in [6.45, 7) is 2.13. The van der Waals surface area contributed by atoms with Gasteiger partial charge in [-0.25, -0.2) is 4.98 Å². The molecule has 3 rings (SSSR count). The fraction of sp³-hybridized carbons (Fsp3) is 0.467. The summed E-state index contributed by atoms with van der Waals surface area (Å²) in [5, 5.41) is 20.1. The zero-order valence-electron chi connectivity index (χ0n) is 11.0. The molecule has 3 atom stereocenters. The van der Waals surface area contributed by atoms with E-state index >= 15 is 0 Å². The molecule has 0 saturated heterocycles. The number of fused-ring (bicyclic) bond motifs is 1. The number of aliphatic hydroxyl groups excluding tert-OH is 1. The molecule has 2 aromatic rings. The largest absolute Gasteiger partial charge is 0.385 e. The summed E-state index contributed by atoms with van der Waals surface area (Å²) in [5.41, 5.74) is 0.731. The van der Waals surface area contributed by atoms with Crippen molar-refractivity contribution in [2.75, 3.05) is 0 Å². The van der Waals surface area contributed by atoms with Gasteiger partial charge in [-0.3, -0.25) is 0 Å². The van der Waals surface area contributed by atoms with E-state index in [0.717, 1.165) is 24.9 Å². The second-order valence-electron chi connectivity index (χ2n) is 5.65. The quantitative estimate of drug-likeness (QED) is 0.897. The van der Waals surface area contributed by atoms with E-state index in [1.165, 1.54) is 0 Å². The lowest BCUT2D eigenvalue weighted by atomic mass is 9.80. The van der Waals surface area contributed by atoms with Crippen molar-refractivity contribution in [1.82, 2.24) is 9.38 Å². The Bertz CT molecular complexity index is 609. The molecule has 0 bridgehead atoms. The Morgan fingerprint density at radius 2 is 2.42 bits per heavy atom. The van der Waals surface area contributed by atoms with E-state index in [0.29, 0.717) is 11.6 Å². The van der Waals surface area contributed by atoms with Gasteiger partial charge in [0.15, 0.2) is 0 Å². The molecule has 1 aliphatic carbocycles. The van der Waals surface area contributed by atoms with E-state index in [1.807, 2.05) is 35.0 Å². The van der Waals surface area contributed by atoms with Gasteiger partial charge >= 0.3 is 0 Å². The number of aliphatic hydroxyl groups is 1. The van der Waals surface area contributed by atoms with Crippen molar-refractivity contribution in [3.05, 3.63) is 36.3 Å². The maximum atomic E-state index is 10.6. The van der Waals surface area contributed by atoms with E-state index in [2.05, 4.69) is 18.0 Å². The van der Waals surface area contributed by atoms with Gasteiger partial charge in [-0.1, -0.05) is 13.0 Å². The SMILES string of the molecule is CC1CCC(C#N)(C(O)c2cn3ccccc3n2)C1. The molecule has 3 unspecified atom stereocenters. The number of hydrogen-bond donors (Lipinski definition) is 1. The number of pyridine rings is 1. The zero-order valence-corrected chi connectivity index (χ0v) is 11.0. The molecular weight excluding hydrogens is 238 g/mol. The second kappa shape index (κ2) is 4.36. The van der Waals surface area contributed by atoms with Crippen LogP contribution in [0.4, 0.5) is 0 Å². The van der Waals surface area contributed by atoms with Crippen molar-refractivity contribution < 1.29 is 5.11 Å². The Morgan fingerprint density at radius 3 is 3.05 bits per heavy atom. The smallest absolute Gasteiger partial charge is 0.137 e. The summed E-state index contributed by atoms with van der Waals surface area (Å²) >= 11 is 0. The highest BCUT2D eigenvalue weighted by Crippen LogP contribution is 2.49. The third-order valence-electron chi connectivity index (χ3n) is 4.20. The summed E-state index contributed by atoms with van der Waals surface area (Å²) in [6.07, 6.45) is 5.41. The topological polar surface area (TPSA) is 61.3 Å². The minimum atomic E-state index is -0.803. The van der Waals surface area contributed by atoms with E-state index in [9.17, 15) is 10.4 Å². The third-order valence-corrected chi connectivity index (χ3v) is 4.20. The monoisotopic (exact) mass is 255 g/mol. The van der Waals surface area contributed by atoms with Gasteiger partial charge in [0.1, 0.15) is 11.8 Å². The van der Waals surface area contributed by atoms with E-state index in [-0.39, 0.29) is 0 Å². The Kier molecular flexibility index (Phi) is 2.79. The third kappa shape index (κ3) is 1.91. The minimum Gasteiger partial charge on any atom is -0.385 e. The molecule has 1 aliphatic rings. The highest BCUT2D eigenvalue weighted by atomic mass is 16.3. The van der Waals surface area contributed by atoms with Gasteiger partial charge in [0, 0.05) is 12.4 Å². The van der Waals surface area contributed by atoms with Crippen LogP contribution < -0.4 is 0 Å².